The van der Waals surface area contributed by atoms with E-state index >= 15 is 0 Å². The summed E-state index contributed by atoms with van der Waals surface area (Å²) in [4.78, 5) is 0.963. The third-order valence-electron chi connectivity index (χ3n) is 2.29. The third-order valence-corrected chi connectivity index (χ3v) is 4.48. The quantitative estimate of drug-likeness (QED) is 0.874. The highest BCUT2D eigenvalue weighted by atomic mass is 79.9. The van der Waals surface area contributed by atoms with Gasteiger partial charge in [-0.1, -0.05) is 17.7 Å². The number of rotatable bonds is 4. The van der Waals surface area contributed by atoms with E-state index in [0.717, 1.165) is 15.0 Å². The van der Waals surface area contributed by atoms with Gasteiger partial charge in [-0.2, -0.15) is 0 Å². The summed E-state index contributed by atoms with van der Waals surface area (Å²) < 4.78 is 0.842. The van der Waals surface area contributed by atoms with E-state index in [4.69, 9.17) is 11.6 Å². The molecule has 1 aromatic carbocycles. The summed E-state index contributed by atoms with van der Waals surface area (Å²) in [6.07, 6.45) is -0.482. The molecule has 0 aliphatic carbocycles. The molecule has 1 aromatic heterocycles. The molecule has 0 aliphatic heterocycles. The van der Waals surface area contributed by atoms with Crippen LogP contribution in [0.25, 0.3) is 0 Å². The summed E-state index contributed by atoms with van der Waals surface area (Å²) in [6, 6.07) is 9.44. The minimum absolute atomic E-state index is 0.481. The number of halogens is 2. The van der Waals surface area contributed by atoms with E-state index in [9.17, 15) is 5.11 Å². The van der Waals surface area contributed by atoms with Crippen LogP contribution >= 0.6 is 38.9 Å². The molecular formula is C12H11BrClNOS. The van der Waals surface area contributed by atoms with E-state index in [-0.39, 0.29) is 0 Å². The Morgan fingerprint density at radius 2 is 2.24 bits per heavy atom. The molecule has 17 heavy (non-hydrogen) atoms. The topological polar surface area (TPSA) is 32.3 Å². The van der Waals surface area contributed by atoms with Crippen LogP contribution in [0.3, 0.4) is 0 Å². The van der Waals surface area contributed by atoms with Gasteiger partial charge in [0.25, 0.3) is 0 Å². The predicted octanol–water partition coefficient (Wildman–Crippen LogP) is 4.31. The van der Waals surface area contributed by atoms with Crippen molar-refractivity contribution in [3.8, 4) is 0 Å². The molecule has 0 spiro atoms. The molecule has 2 aromatic rings. The van der Waals surface area contributed by atoms with Crippen molar-refractivity contribution in [1.29, 1.82) is 0 Å². The molecule has 0 fully saturated rings. The van der Waals surface area contributed by atoms with E-state index < -0.39 is 6.10 Å². The summed E-state index contributed by atoms with van der Waals surface area (Å²) in [5, 5.41) is 15.7. The van der Waals surface area contributed by atoms with Gasteiger partial charge in [-0.05, 0) is 45.6 Å². The fraction of sp³-hybridized carbons (Fsp3) is 0.167. The Bertz CT molecular complexity index is 489. The van der Waals surface area contributed by atoms with Crippen LogP contribution in [-0.4, -0.2) is 11.7 Å². The van der Waals surface area contributed by atoms with Crippen LogP contribution in [0, 0.1) is 0 Å². The Kier molecular flexibility index (Phi) is 4.45. The number of thiophene rings is 1. The van der Waals surface area contributed by atoms with Gasteiger partial charge < -0.3 is 10.4 Å². The van der Waals surface area contributed by atoms with Crippen molar-refractivity contribution in [2.75, 3.05) is 11.9 Å². The molecule has 0 aliphatic rings. The second-order valence-corrected chi connectivity index (χ2v) is 5.78. The maximum atomic E-state index is 9.90. The first-order chi connectivity index (χ1) is 8.16. The Balaban J connectivity index is 1.96. The molecule has 0 bridgehead atoms. The number of aliphatic hydroxyl groups excluding tert-OH is 1. The molecule has 1 unspecified atom stereocenters. The largest absolute Gasteiger partial charge is 0.386 e. The molecule has 1 atom stereocenters. The molecule has 1 heterocycles. The molecule has 2 nitrogen and oxygen atoms in total. The molecule has 2 N–H and O–H groups in total. The van der Waals surface area contributed by atoms with Crippen LogP contribution in [0.1, 0.15) is 11.0 Å². The smallest absolute Gasteiger partial charge is 0.105 e. The second-order valence-electron chi connectivity index (χ2n) is 3.54. The summed E-state index contributed by atoms with van der Waals surface area (Å²) in [7, 11) is 0. The minimum Gasteiger partial charge on any atom is -0.386 e. The maximum absolute atomic E-state index is 9.90. The van der Waals surface area contributed by atoms with Crippen molar-refractivity contribution in [1.82, 2.24) is 0 Å². The van der Waals surface area contributed by atoms with Crippen LogP contribution in [0.15, 0.2) is 40.2 Å². The van der Waals surface area contributed by atoms with Crippen LogP contribution in [0.2, 0.25) is 5.02 Å². The standard InChI is InChI=1S/C12H11BrClNOS/c13-9-6-8(3-4-10(9)14)15-7-11(16)12-2-1-5-17-12/h1-6,11,15-16H,7H2. The van der Waals surface area contributed by atoms with E-state index in [1.165, 1.54) is 0 Å². The SMILES string of the molecule is OC(CNc1ccc(Cl)c(Br)c1)c1cccs1. The highest BCUT2D eigenvalue weighted by Crippen LogP contribution is 2.26. The minimum atomic E-state index is -0.482. The van der Waals surface area contributed by atoms with Gasteiger partial charge in [-0.3, -0.25) is 0 Å². The molecule has 0 saturated carbocycles. The average molecular weight is 333 g/mol. The van der Waals surface area contributed by atoms with E-state index in [2.05, 4.69) is 21.2 Å². The van der Waals surface area contributed by atoms with Crippen molar-refractivity contribution in [2.45, 2.75) is 6.10 Å². The van der Waals surface area contributed by atoms with E-state index in [0.29, 0.717) is 11.6 Å². The first-order valence-corrected chi connectivity index (χ1v) is 7.12. The molecular weight excluding hydrogens is 322 g/mol. The van der Waals surface area contributed by atoms with E-state index in [1.54, 1.807) is 11.3 Å². The van der Waals surface area contributed by atoms with Crippen LogP contribution < -0.4 is 5.32 Å². The lowest BCUT2D eigenvalue weighted by Crippen LogP contribution is -2.10. The maximum Gasteiger partial charge on any atom is 0.105 e. The molecule has 2 rings (SSSR count). The number of anilines is 1. The second kappa shape index (κ2) is 5.87. The van der Waals surface area contributed by atoms with Crippen molar-refractivity contribution < 1.29 is 5.11 Å². The van der Waals surface area contributed by atoms with Crippen LogP contribution in [0.5, 0.6) is 0 Å². The number of aliphatic hydroxyl groups is 1. The number of benzene rings is 1. The lowest BCUT2D eigenvalue weighted by Gasteiger charge is -2.11. The van der Waals surface area contributed by atoms with Crippen molar-refractivity contribution in [3.63, 3.8) is 0 Å². The first kappa shape index (κ1) is 12.9. The Morgan fingerprint density at radius 1 is 1.41 bits per heavy atom. The van der Waals surface area contributed by atoms with Gasteiger partial charge in [0.15, 0.2) is 0 Å². The Hall–Kier alpha value is -0.550. The first-order valence-electron chi connectivity index (χ1n) is 5.07. The zero-order valence-corrected chi connectivity index (χ0v) is 12.0. The normalized spacial score (nSPS) is 12.4. The highest BCUT2D eigenvalue weighted by molar-refractivity contribution is 9.10. The number of hydrogen-bond acceptors (Lipinski definition) is 3. The zero-order valence-electron chi connectivity index (χ0n) is 8.86. The van der Waals surface area contributed by atoms with Gasteiger partial charge in [0, 0.05) is 21.6 Å². The number of nitrogens with one attached hydrogen (secondary N) is 1. The molecule has 0 amide bonds. The fourth-order valence-electron chi connectivity index (χ4n) is 1.40. The lowest BCUT2D eigenvalue weighted by atomic mass is 10.2. The van der Waals surface area contributed by atoms with Crippen molar-refractivity contribution in [3.05, 3.63) is 50.1 Å². The molecule has 0 radical (unpaired) electrons. The van der Waals surface area contributed by atoms with Gasteiger partial charge in [0.05, 0.1) is 5.02 Å². The van der Waals surface area contributed by atoms with Crippen LogP contribution in [-0.2, 0) is 0 Å². The van der Waals surface area contributed by atoms with Crippen LogP contribution in [0.4, 0.5) is 5.69 Å². The van der Waals surface area contributed by atoms with Gasteiger partial charge in [0.2, 0.25) is 0 Å². The summed E-state index contributed by atoms with van der Waals surface area (Å²) in [5.41, 5.74) is 0.928. The number of hydrogen-bond donors (Lipinski definition) is 2. The van der Waals surface area contributed by atoms with E-state index in [1.807, 2.05) is 35.7 Å². The van der Waals surface area contributed by atoms with Gasteiger partial charge in [-0.25, -0.2) is 0 Å². The fourth-order valence-corrected chi connectivity index (χ4v) is 2.61. The van der Waals surface area contributed by atoms with Crippen molar-refractivity contribution >= 4 is 44.6 Å². The summed E-state index contributed by atoms with van der Waals surface area (Å²) in [5.74, 6) is 0. The predicted molar refractivity (Wildman–Crippen MR) is 76.9 cm³/mol. The monoisotopic (exact) mass is 331 g/mol. The Morgan fingerprint density at radius 3 is 2.88 bits per heavy atom. The average Bonchev–Trinajstić information content (AvgIpc) is 2.84. The van der Waals surface area contributed by atoms with Crippen molar-refractivity contribution in [2.24, 2.45) is 0 Å². The molecule has 90 valence electrons. The summed E-state index contributed by atoms with van der Waals surface area (Å²) in [6.45, 7) is 0.481. The third kappa shape index (κ3) is 3.45. The summed E-state index contributed by atoms with van der Waals surface area (Å²) >= 11 is 10.8. The van der Waals surface area contributed by atoms with Gasteiger partial charge in [-0.15, -0.1) is 11.3 Å². The van der Waals surface area contributed by atoms with Gasteiger partial charge in [0.1, 0.15) is 6.10 Å². The molecule has 0 saturated heterocycles. The zero-order chi connectivity index (χ0) is 12.3. The van der Waals surface area contributed by atoms with Gasteiger partial charge >= 0.3 is 0 Å². The lowest BCUT2D eigenvalue weighted by molar-refractivity contribution is 0.195. The highest BCUT2D eigenvalue weighted by Gasteiger charge is 2.08. The molecule has 5 heteroatoms. The Labute approximate surface area is 117 Å².